The predicted molar refractivity (Wildman–Crippen MR) is 112 cm³/mol. The minimum Gasteiger partial charge on any atom is -0.507 e. The van der Waals surface area contributed by atoms with E-state index in [1.165, 1.54) is 5.56 Å². The summed E-state index contributed by atoms with van der Waals surface area (Å²) < 4.78 is 5.79. The molecule has 0 saturated heterocycles. The van der Waals surface area contributed by atoms with E-state index in [1.807, 2.05) is 54.6 Å². The van der Waals surface area contributed by atoms with Gasteiger partial charge in [-0.05, 0) is 35.4 Å². The number of hydrogen-bond acceptors (Lipinski definition) is 3. The second-order valence-electron chi connectivity index (χ2n) is 6.43. The van der Waals surface area contributed by atoms with Crippen LogP contribution in [0.3, 0.4) is 0 Å². The van der Waals surface area contributed by atoms with E-state index in [2.05, 4.69) is 22.3 Å². The van der Waals surface area contributed by atoms with Gasteiger partial charge in [0.2, 0.25) is 0 Å². The lowest BCUT2D eigenvalue weighted by Crippen LogP contribution is -2.01. The van der Waals surface area contributed by atoms with Gasteiger partial charge in [0.05, 0.1) is 18.5 Å². The van der Waals surface area contributed by atoms with Crippen molar-refractivity contribution in [2.75, 3.05) is 6.61 Å². The van der Waals surface area contributed by atoms with Crippen molar-refractivity contribution < 1.29 is 9.84 Å². The number of aromatic nitrogens is 2. The molecule has 0 fully saturated rings. The van der Waals surface area contributed by atoms with Crippen LogP contribution in [0.2, 0.25) is 5.02 Å². The van der Waals surface area contributed by atoms with Crippen molar-refractivity contribution in [3.63, 3.8) is 0 Å². The summed E-state index contributed by atoms with van der Waals surface area (Å²) in [6, 6.07) is 23.0. The fraction of sp³-hybridized carbons (Fsp3) is 0.0870. The normalized spacial score (nSPS) is 10.8. The Morgan fingerprint density at radius 1 is 0.929 bits per heavy atom. The smallest absolute Gasteiger partial charge is 0.128 e. The molecule has 1 heterocycles. The summed E-state index contributed by atoms with van der Waals surface area (Å²) in [7, 11) is 0. The van der Waals surface area contributed by atoms with Gasteiger partial charge in [-0.15, -0.1) is 0 Å². The number of nitrogens with zero attached hydrogens (tertiary/aromatic N) is 1. The Labute approximate surface area is 168 Å². The first-order chi connectivity index (χ1) is 13.7. The maximum Gasteiger partial charge on any atom is 0.128 e. The molecule has 5 heteroatoms. The highest BCUT2D eigenvalue weighted by Gasteiger charge is 2.14. The van der Waals surface area contributed by atoms with Gasteiger partial charge < -0.3 is 9.84 Å². The summed E-state index contributed by atoms with van der Waals surface area (Å²) in [4.78, 5) is 0. The van der Waals surface area contributed by atoms with E-state index in [0.29, 0.717) is 22.9 Å². The van der Waals surface area contributed by atoms with Crippen LogP contribution in [0.15, 0.2) is 79.0 Å². The van der Waals surface area contributed by atoms with E-state index in [0.717, 1.165) is 23.2 Å². The third-order valence-corrected chi connectivity index (χ3v) is 4.79. The Morgan fingerprint density at radius 2 is 1.71 bits per heavy atom. The summed E-state index contributed by atoms with van der Waals surface area (Å²) >= 11 is 5.98. The number of nitrogens with one attached hydrogen (secondary N) is 1. The van der Waals surface area contributed by atoms with Crippen LogP contribution in [-0.4, -0.2) is 21.9 Å². The van der Waals surface area contributed by atoms with Gasteiger partial charge in [-0.2, -0.15) is 5.10 Å². The van der Waals surface area contributed by atoms with Gasteiger partial charge in [0, 0.05) is 28.6 Å². The van der Waals surface area contributed by atoms with Crippen molar-refractivity contribution in [1.82, 2.24) is 10.2 Å². The molecule has 1 aromatic heterocycles. The fourth-order valence-electron chi connectivity index (χ4n) is 3.08. The third kappa shape index (κ3) is 4.02. The lowest BCUT2D eigenvalue weighted by Gasteiger charge is -2.10. The van der Waals surface area contributed by atoms with Gasteiger partial charge in [-0.3, -0.25) is 5.10 Å². The highest BCUT2D eigenvalue weighted by molar-refractivity contribution is 6.30. The second-order valence-corrected chi connectivity index (χ2v) is 6.87. The minimum absolute atomic E-state index is 0.136. The number of aromatic amines is 1. The molecule has 140 valence electrons. The fourth-order valence-corrected chi connectivity index (χ4v) is 3.21. The van der Waals surface area contributed by atoms with Gasteiger partial charge in [-0.1, -0.05) is 54.1 Å². The van der Waals surface area contributed by atoms with Gasteiger partial charge in [0.15, 0.2) is 0 Å². The topological polar surface area (TPSA) is 58.1 Å². The highest BCUT2D eigenvalue weighted by atomic mass is 35.5. The number of rotatable bonds is 6. The molecule has 0 aliphatic carbocycles. The zero-order valence-corrected chi connectivity index (χ0v) is 15.9. The van der Waals surface area contributed by atoms with Crippen LogP contribution in [0.25, 0.3) is 22.4 Å². The lowest BCUT2D eigenvalue weighted by molar-refractivity contribution is 0.320. The molecule has 28 heavy (non-hydrogen) atoms. The standard InChI is InChI=1S/C23H19ClN2O2/c24-18-8-6-17(7-9-18)21-15-25-26-23(21)20-11-10-19(14-22(20)27)28-13-12-16-4-2-1-3-5-16/h1-11,14-15,27H,12-13H2,(H,25,26). The number of aromatic hydroxyl groups is 1. The van der Waals surface area contributed by atoms with Gasteiger partial charge in [0.1, 0.15) is 11.5 Å². The first kappa shape index (κ1) is 18.1. The first-order valence-electron chi connectivity index (χ1n) is 9.00. The van der Waals surface area contributed by atoms with E-state index in [4.69, 9.17) is 16.3 Å². The third-order valence-electron chi connectivity index (χ3n) is 4.54. The monoisotopic (exact) mass is 390 g/mol. The quantitative estimate of drug-likeness (QED) is 0.442. The Balaban J connectivity index is 1.51. The molecule has 0 aliphatic heterocycles. The molecular weight excluding hydrogens is 372 g/mol. The van der Waals surface area contributed by atoms with Crippen LogP contribution in [0.4, 0.5) is 0 Å². The second kappa shape index (κ2) is 8.19. The van der Waals surface area contributed by atoms with Crippen LogP contribution < -0.4 is 4.74 Å². The average Bonchev–Trinajstić information content (AvgIpc) is 3.19. The zero-order valence-electron chi connectivity index (χ0n) is 15.1. The molecule has 0 bridgehead atoms. The number of H-pyrrole nitrogens is 1. The summed E-state index contributed by atoms with van der Waals surface area (Å²) in [6.07, 6.45) is 2.55. The van der Waals surface area contributed by atoms with Gasteiger partial charge in [-0.25, -0.2) is 0 Å². The summed E-state index contributed by atoms with van der Waals surface area (Å²) in [6.45, 7) is 0.545. The summed E-state index contributed by atoms with van der Waals surface area (Å²) in [5.41, 5.74) is 4.49. The maximum atomic E-state index is 10.5. The number of halogens is 1. The molecule has 0 amide bonds. The average molecular weight is 391 g/mol. The van der Waals surface area contributed by atoms with E-state index in [9.17, 15) is 5.11 Å². The van der Waals surface area contributed by atoms with E-state index in [1.54, 1.807) is 12.3 Å². The Morgan fingerprint density at radius 3 is 2.46 bits per heavy atom. The van der Waals surface area contributed by atoms with Crippen molar-refractivity contribution in [2.45, 2.75) is 6.42 Å². The molecule has 0 saturated carbocycles. The molecule has 0 radical (unpaired) electrons. The Kier molecular flexibility index (Phi) is 5.31. The van der Waals surface area contributed by atoms with Crippen molar-refractivity contribution in [3.05, 3.63) is 89.6 Å². The van der Waals surface area contributed by atoms with E-state index in [-0.39, 0.29) is 5.75 Å². The van der Waals surface area contributed by atoms with Crippen LogP contribution in [0.1, 0.15) is 5.56 Å². The van der Waals surface area contributed by atoms with Crippen molar-refractivity contribution in [1.29, 1.82) is 0 Å². The first-order valence-corrected chi connectivity index (χ1v) is 9.38. The van der Waals surface area contributed by atoms with Crippen LogP contribution in [0, 0.1) is 0 Å². The van der Waals surface area contributed by atoms with E-state index >= 15 is 0 Å². The predicted octanol–water partition coefficient (Wildman–Crippen LogP) is 5.72. The number of phenolic OH excluding ortho intramolecular Hbond substituents is 1. The molecule has 4 nitrogen and oxygen atoms in total. The van der Waals surface area contributed by atoms with Crippen molar-refractivity contribution in [2.24, 2.45) is 0 Å². The molecule has 0 aliphatic rings. The maximum absolute atomic E-state index is 10.5. The van der Waals surface area contributed by atoms with Crippen molar-refractivity contribution in [3.8, 4) is 33.9 Å². The number of ether oxygens (including phenoxy) is 1. The molecule has 0 atom stereocenters. The molecule has 4 aromatic rings. The molecule has 0 spiro atoms. The summed E-state index contributed by atoms with van der Waals surface area (Å²) in [5.74, 6) is 0.765. The molecular formula is C23H19ClN2O2. The van der Waals surface area contributed by atoms with Gasteiger partial charge >= 0.3 is 0 Å². The Hall–Kier alpha value is -3.24. The number of benzene rings is 3. The van der Waals surface area contributed by atoms with E-state index < -0.39 is 0 Å². The Bertz CT molecular complexity index is 1060. The lowest BCUT2D eigenvalue weighted by atomic mass is 10.0. The zero-order chi connectivity index (χ0) is 19.3. The molecule has 4 rings (SSSR count). The molecule has 2 N–H and O–H groups in total. The van der Waals surface area contributed by atoms with Crippen LogP contribution in [-0.2, 0) is 6.42 Å². The molecule has 0 unspecified atom stereocenters. The van der Waals surface area contributed by atoms with Crippen molar-refractivity contribution >= 4 is 11.6 Å². The minimum atomic E-state index is 0.136. The largest absolute Gasteiger partial charge is 0.507 e. The number of phenols is 1. The van der Waals surface area contributed by atoms with Crippen LogP contribution >= 0.6 is 11.6 Å². The van der Waals surface area contributed by atoms with Crippen LogP contribution in [0.5, 0.6) is 11.5 Å². The summed E-state index contributed by atoms with van der Waals surface area (Å²) in [5, 5.41) is 18.3. The number of hydrogen-bond donors (Lipinski definition) is 2. The van der Waals surface area contributed by atoms with Gasteiger partial charge in [0.25, 0.3) is 0 Å². The molecule has 3 aromatic carbocycles. The highest BCUT2D eigenvalue weighted by Crippen LogP contribution is 2.37. The SMILES string of the molecule is Oc1cc(OCCc2ccccc2)ccc1-c1[nH]ncc1-c1ccc(Cl)cc1.